The van der Waals surface area contributed by atoms with Crippen molar-refractivity contribution in [2.45, 2.75) is 4.90 Å². The second-order valence-corrected chi connectivity index (χ2v) is 3.13. The number of aldehydes is 1. The van der Waals surface area contributed by atoms with Gasteiger partial charge in [-0.15, -0.1) is 11.8 Å². The summed E-state index contributed by atoms with van der Waals surface area (Å²) < 4.78 is 18.0. The van der Waals surface area contributed by atoms with Crippen molar-refractivity contribution < 1.29 is 13.9 Å². The lowest BCUT2D eigenvalue weighted by Gasteiger charge is -2.07. The van der Waals surface area contributed by atoms with Crippen LogP contribution in [0.3, 0.4) is 0 Å². The van der Waals surface area contributed by atoms with E-state index in [1.165, 1.54) is 31.0 Å². The maximum atomic E-state index is 13.1. The van der Waals surface area contributed by atoms with Gasteiger partial charge in [-0.3, -0.25) is 4.79 Å². The van der Waals surface area contributed by atoms with E-state index in [-0.39, 0.29) is 5.56 Å². The fraction of sp³-hybridized carbons (Fsp3) is 0.222. The second-order valence-electron chi connectivity index (χ2n) is 2.31. The number of methoxy groups -OCH3 is 1. The van der Waals surface area contributed by atoms with E-state index in [1.807, 2.05) is 0 Å². The molecule has 13 heavy (non-hydrogen) atoms. The lowest BCUT2D eigenvalue weighted by Crippen LogP contribution is -1.95. The quantitative estimate of drug-likeness (QED) is 0.553. The zero-order valence-electron chi connectivity index (χ0n) is 7.33. The van der Waals surface area contributed by atoms with Crippen molar-refractivity contribution in [2.24, 2.45) is 0 Å². The molecule has 0 aliphatic heterocycles. The second kappa shape index (κ2) is 4.28. The van der Waals surface area contributed by atoms with Crippen LogP contribution in [0, 0.1) is 5.82 Å². The van der Waals surface area contributed by atoms with Gasteiger partial charge in [-0.1, -0.05) is 0 Å². The third kappa shape index (κ3) is 1.83. The van der Waals surface area contributed by atoms with Crippen LogP contribution in [0.25, 0.3) is 0 Å². The smallest absolute Gasteiger partial charge is 0.155 e. The lowest BCUT2D eigenvalue weighted by atomic mass is 10.2. The van der Waals surface area contributed by atoms with Gasteiger partial charge in [-0.2, -0.15) is 0 Å². The highest BCUT2D eigenvalue weighted by molar-refractivity contribution is 7.98. The molecule has 0 aromatic heterocycles. The number of ether oxygens (including phenoxy) is 1. The van der Waals surface area contributed by atoms with Crippen molar-refractivity contribution in [2.75, 3.05) is 13.4 Å². The summed E-state index contributed by atoms with van der Waals surface area (Å²) in [5.74, 6) is 0.0103. The van der Waals surface area contributed by atoms with Crippen LogP contribution in [0.1, 0.15) is 10.4 Å². The van der Waals surface area contributed by atoms with Gasteiger partial charge < -0.3 is 4.74 Å². The Kier molecular flexibility index (Phi) is 3.31. The summed E-state index contributed by atoms with van der Waals surface area (Å²) in [6.07, 6.45) is 2.32. The van der Waals surface area contributed by atoms with E-state index in [9.17, 15) is 9.18 Å². The molecule has 0 heterocycles. The molecule has 0 spiro atoms. The van der Waals surface area contributed by atoms with E-state index in [2.05, 4.69) is 0 Å². The molecule has 0 atom stereocenters. The van der Waals surface area contributed by atoms with Crippen molar-refractivity contribution in [3.05, 3.63) is 23.5 Å². The molecule has 0 N–H and O–H groups in total. The first-order valence-corrected chi connectivity index (χ1v) is 4.82. The molecule has 0 unspecified atom stereocenters. The minimum Gasteiger partial charge on any atom is -0.496 e. The van der Waals surface area contributed by atoms with Gasteiger partial charge in [0.1, 0.15) is 11.6 Å². The summed E-state index contributed by atoms with van der Waals surface area (Å²) in [6, 6.07) is 2.73. The first-order chi connectivity index (χ1) is 6.24. The van der Waals surface area contributed by atoms with Crippen molar-refractivity contribution in [3.63, 3.8) is 0 Å². The molecular formula is C9H9FO2S. The summed E-state index contributed by atoms with van der Waals surface area (Å²) >= 11 is 1.19. The predicted molar refractivity (Wildman–Crippen MR) is 50.1 cm³/mol. The maximum Gasteiger partial charge on any atom is 0.155 e. The Hall–Kier alpha value is -1.03. The normalized spacial score (nSPS) is 9.77. The van der Waals surface area contributed by atoms with Gasteiger partial charge in [0.2, 0.25) is 0 Å². The van der Waals surface area contributed by atoms with Gasteiger partial charge in [0, 0.05) is 0 Å². The molecule has 0 saturated heterocycles. The van der Waals surface area contributed by atoms with Crippen molar-refractivity contribution in [1.82, 2.24) is 0 Å². The van der Waals surface area contributed by atoms with E-state index in [4.69, 9.17) is 4.74 Å². The minimum absolute atomic E-state index is 0.273. The first kappa shape index (κ1) is 10.1. The van der Waals surface area contributed by atoms with Crippen molar-refractivity contribution >= 4 is 18.0 Å². The number of halogens is 1. The fourth-order valence-corrected chi connectivity index (χ4v) is 1.68. The zero-order chi connectivity index (χ0) is 9.84. The van der Waals surface area contributed by atoms with Crippen molar-refractivity contribution in [1.29, 1.82) is 0 Å². The number of carbonyl (C=O) groups excluding carboxylic acids is 1. The Balaban J connectivity index is 3.36. The third-order valence-corrected chi connectivity index (χ3v) is 2.47. The highest BCUT2D eigenvalue weighted by Crippen LogP contribution is 2.29. The molecule has 1 rings (SSSR count). The monoisotopic (exact) mass is 200 g/mol. The molecule has 0 aliphatic carbocycles. The molecule has 0 radical (unpaired) electrons. The van der Waals surface area contributed by atoms with Gasteiger partial charge in [0.15, 0.2) is 6.29 Å². The average Bonchev–Trinajstić information content (AvgIpc) is 2.17. The molecule has 0 bridgehead atoms. The largest absolute Gasteiger partial charge is 0.496 e. The zero-order valence-corrected chi connectivity index (χ0v) is 8.15. The van der Waals surface area contributed by atoms with E-state index in [1.54, 1.807) is 6.26 Å². The fourth-order valence-electron chi connectivity index (χ4n) is 1.05. The Morgan fingerprint density at radius 2 is 2.23 bits per heavy atom. The summed E-state index contributed by atoms with van der Waals surface area (Å²) in [7, 11) is 1.45. The SMILES string of the molecule is COc1ccc(F)c(SC)c1C=O. The van der Waals surface area contributed by atoms with Gasteiger partial charge in [0.05, 0.1) is 17.6 Å². The minimum atomic E-state index is -0.393. The van der Waals surface area contributed by atoms with Gasteiger partial charge >= 0.3 is 0 Å². The summed E-state index contributed by atoms with van der Waals surface area (Å²) in [5, 5.41) is 0. The molecule has 0 fully saturated rings. The number of carbonyl (C=O) groups is 1. The molecule has 1 aromatic carbocycles. The average molecular weight is 200 g/mol. The standard InChI is InChI=1S/C9H9FO2S/c1-12-8-4-3-7(10)9(13-2)6(8)5-11/h3-5H,1-2H3. The Labute approximate surface area is 80.1 Å². The van der Waals surface area contributed by atoms with Crippen LogP contribution in [-0.2, 0) is 0 Å². The van der Waals surface area contributed by atoms with E-state index in [0.717, 1.165) is 0 Å². The maximum absolute atomic E-state index is 13.1. The number of hydrogen-bond donors (Lipinski definition) is 0. The Morgan fingerprint density at radius 3 is 2.69 bits per heavy atom. The van der Waals surface area contributed by atoms with Crippen LogP contribution >= 0.6 is 11.8 Å². The van der Waals surface area contributed by atoms with Crippen LogP contribution in [0.5, 0.6) is 5.75 Å². The van der Waals surface area contributed by atoms with E-state index >= 15 is 0 Å². The number of benzene rings is 1. The van der Waals surface area contributed by atoms with Crippen LogP contribution in [-0.4, -0.2) is 19.7 Å². The van der Waals surface area contributed by atoms with Crippen LogP contribution < -0.4 is 4.74 Å². The summed E-state index contributed by atoms with van der Waals surface area (Å²) in [5.41, 5.74) is 0.273. The molecule has 70 valence electrons. The molecule has 0 saturated carbocycles. The van der Waals surface area contributed by atoms with Crippen LogP contribution in [0.4, 0.5) is 4.39 Å². The highest BCUT2D eigenvalue weighted by Gasteiger charge is 2.12. The lowest BCUT2D eigenvalue weighted by molar-refractivity contribution is 0.111. The van der Waals surface area contributed by atoms with Gasteiger partial charge in [0.25, 0.3) is 0 Å². The molecular weight excluding hydrogens is 191 g/mol. The molecule has 1 aromatic rings. The van der Waals surface area contributed by atoms with E-state index < -0.39 is 5.82 Å². The molecule has 0 aliphatic rings. The van der Waals surface area contributed by atoms with Gasteiger partial charge in [-0.25, -0.2) is 4.39 Å². The van der Waals surface area contributed by atoms with E-state index in [0.29, 0.717) is 16.9 Å². The van der Waals surface area contributed by atoms with Crippen LogP contribution in [0.15, 0.2) is 17.0 Å². The summed E-state index contributed by atoms with van der Waals surface area (Å²) in [6.45, 7) is 0. The number of rotatable bonds is 3. The molecule has 2 nitrogen and oxygen atoms in total. The molecule has 4 heteroatoms. The van der Waals surface area contributed by atoms with Crippen LogP contribution in [0.2, 0.25) is 0 Å². The Morgan fingerprint density at radius 1 is 1.54 bits per heavy atom. The topological polar surface area (TPSA) is 26.3 Å². The highest BCUT2D eigenvalue weighted by atomic mass is 32.2. The predicted octanol–water partition coefficient (Wildman–Crippen LogP) is 2.37. The summed E-state index contributed by atoms with van der Waals surface area (Å²) in [4.78, 5) is 11.0. The number of thioether (sulfide) groups is 1. The van der Waals surface area contributed by atoms with Gasteiger partial charge in [-0.05, 0) is 18.4 Å². The third-order valence-electron chi connectivity index (χ3n) is 1.65. The number of hydrogen-bond acceptors (Lipinski definition) is 3. The molecule has 0 amide bonds. The van der Waals surface area contributed by atoms with Crippen molar-refractivity contribution in [3.8, 4) is 5.75 Å². The first-order valence-electron chi connectivity index (χ1n) is 3.60. The Bertz CT molecular complexity index is 326.